The second kappa shape index (κ2) is 6.34. The predicted octanol–water partition coefficient (Wildman–Crippen LogP) is 4.51. The van der Waals surface area contributed by atoms with Gasteiger partial charge in [0.2, 0.25) is 0 Å². The van der Waals surface area contributed by atoms with Crippen molar-refractivity contribution in [3.63, 3.8) is 0 Å². The molecule has 0 radical (unpaired) electrons. The average Bonchev–Trinajstić information content (AvgIpc) is 2.86. The molecule has 0 fully saturated rings. The van der Waals surface area contributed by atoms with Crippen molar-refractivity contribution in [2.75, 3.05) is 6.61 Å². The topological polar surface area (TPSA) is 62.3 Å². The van der Waals surface area contributed by atoms with Crippen molar-refractivity contribution in [1.82, 2.24) is 4.98 Å². The number of fused-ring (bicyclic) bond motifs is 1. The van der Waals surface area contributed by atoms with E-state index in [1.807, 2.05) is 43.3 Å². The van der Waals surface area contributed by atoms with Crippen LogP contribution in [0, 0.1) is 0 Å². The molecular formula is C18H16ClNO3. The summed E-state index contributed by atoms with van der Waals surface area (Å²) in [6.45, 7) is 2.47. The summed E-state index contributed by atoms with van der Waals surface area (Å²) >= 11 is 6.28. The Bertz CT molecular complexity index is 870. The molecule has 1 aromatic heterocycles. The number of carboxylic acids is 1. The number of carboxylic acid groups (broad SMARTS) is 1. The molecule has 3 rings (SSSR count). The van der Waals surface area contributed by atoms with Crippen molar-refractivity contribution in [3.05, 3.63) is 53.1 Å². The van der Waals surface area contributed by atoms with Crippen molar-refractivity contribution in [1.29, 1.82) is 0 Å². The van der Waals surface area contributed by atoms with E-state index in [9.17, 15) is 9.90 Å². The fourth-order valence-electron chi connectivity index (χ4n) is 2.71. The molecule has 3 aromatic rings. The van der Waals surface area contributed by atoms with Gasteiger partial charge in [-0.25, -0.2) is 0 Å². The van der Waals surface area contributed by atoms with Gasteiger partial charge in [-0.2, -0.15) is 0 Å². The molecular weight excluding hydrogens is 314 g/mol. The van der Waals surface area contributed by atoms with E-state index in [0.29, 0.717) is 17.2 Å². The van der Waals surface area contributed by atoms with E-state index in [-0.39, 0.29) is 6.42 Å². The van der Waals surface area contributed by atoms with Crippen LogP contribution in [0.3, 0.4) is 0 Å². The van der Waals surface area contributed by atoms with Gasteiger partial charge in [-0.1, -0.05) is 29.8 Å². The molecule has 23 heavy (non-hydrogen) atoms. The summed E-state index contributed by atoms with van der Waals surface area (Å²) in [6.07, 6.45) is -0.0872. The van der Waals surface area contributed by atoms with Crippen LogP contribution in [0.25, 0.3) is 22.2 Å². The van der Waals surface area contributed by atoms with E-state index in [1.54, 1.807) is 6.07 Å². The highest BCUT2D eigenvalue weighted by atomic mass is 35.5. The summed E-state index contributed by atoms with van der Waals surface area (Å²) in [5, 5.41) is 10.7. The molecule has 4 nitrogen and oxygen atoms in total. The zero-order valence-corrected chi connectivity index (χ0v) is 13.4. The molecule has 0 unspecified atom stereocenters. The number of aliphatic carboxylic acids is 1. The molecule has 0 amide bonds. The Morgan fingerprint density at radius 3 is 2.74 bits per heavy atom. The van der Waals surface area contributed by atoms with E-state index < -0.39 is 5.97 Å². The lowest BCUT2D eigenvalue weighted by Crippen LogP contribution is -2.01. The van der Waals surface area contributed by atoms with Crippen LogP contribution >= 0.6 is 11.6 Å². The monoisotopic (exact) mass is 329 g/mol. The highest BCUT2D eigenvalue weighted by molar-refractivity contribution is 6.33. The smallest absolute Gasteiger partial charge is 0.307 e. The van der Waals surface area contributed by atoms with Crippen molar-refractivity contribution in [3.8, 4) is 17.0 Å². The van der Waals surface area contributed by atoms with Gasteiger partial charge in [0, 0.05) is 21.5 Å². The van der Waals surface area contributed by atoms with Gasteiger partial charge >= 0.3 is 5.97 Å². The van der Waals surface area contributed by atoms with Crippen LogP contribution < -0.4 is 4.74 Å². The molecule has 5 heteroatoms. The highest BCUT2D eigenvalue weighted by Gasteiger charge is 2.18. The summed E-state index contributed by atoms with van der Waals surface area (Å²) in [5.74, 6) is -0.169. The first-order valence-corrected chi connectivity index (χ1v) is 7.72. The number of aromatic nitrogens is 1. The molecule has 2 N–H and O–H groups in total. The van der Waals surface area contributed by atoms with Gasteiger partial charge in [-0.15, -0.1) is 0 Å². The zero-order valence-electron chi connectivity index (χ0n) is 12.6. The lowest BCUT2D eigenvalue weighted by molar-refractivity contribution is -0.136. The van der Waals surface area contributed by atoms with E-state index in [1.165, 1.54) is 0 Å². The Labute approximate surface area is 138 Å². The molecule has 118 valence electrons. The third kappa shape index (κ3) is 3.03. The number of benzene rings is 2. The molecule has 1 heterocycles. The van der Waals surface area contributed by atoms with Crippen molar-refractivity contribution < 1.29 is 14.6 Å². The van der Waals surface area contributed by atoms with Gasteiger partial charge in [0.1, 0.15) is 5.75 Å². The Hall–Kier alpha value is -2.46. The van der Waals surface area contributed by atoms with Crippen LogP contribution in [-0.2, 0) is 11.2 Å². The second-order valence-electron chi connectivity index (χ2n) is 5.17. The number of rotatable bonds is 5. The molecule has 0 saturated carbocycles. The number of nitrogens with one attached hydrogen (secondary N) is 1. The zero-order chi connectivity index (χ0) is 16.4. The largest absolute Gasteiger partial charge is 0.494 e. The lowest BCUT2D eigenvalue weighted by Gasteiger charge is -2.06. The minimum absolute atomic E-state index is 0.0872. The summed E-state index contributed by atoms with van der Waals surface area (Å²) < 4.78 is 5.53. The summed E-state index contributed by atoms with van der Waals surface area (Å²) in [4.78, 5) is 14.6. The number of hydrogen-bond donors (Lipinski definition) is 2. The van der Waals surface area contributed by atoms with Gasteiger partial charge in [0.25, 0.3) is 0 Å². The number of hydrogen-bond acceptors (Lipinski definition) is 2. The van der Waals surface area contributed by atoms with Crippen LogP contribution in [0.1, 0.15) is 12.5 Å². The van der Waals surface area contributed by atoms with Crippen LogP contribution in [0.5, 0.6) is 5.75 Å². The van der Waals surface area contributed by atoms with E-state index in [0.717, 1.165) is 27.9 Å². The van der Waals surface area contributed by atoms with E-state index in [4.69, 9.17) is 16.3 Å². The maximum Gasteiger partial charge on any atom is 0.307 e. The van der Waals surface area contributed by atoms with E-state index in [2.05, 4.69) is 4.98 Å². The SMILES string of the molecule is CCOc1ccc2[nH]c(-c3ccccc3Cl)c(CC(=O)O)c2c1. The fourth-order valence-corrected chi connectivity index (χ4v) is 2.94. The van der Waals surface area contributed by atoms with Gasteiger partial charge in [0.05, 0.1) is 18.7 Å². The first kappa shape index (κ1) is 15.4. The molecule has 0 aliphatic rings. The first-order chi connectivity index (χ1) is 11.1. The minimum Gasteiger partial charge on any atom is -0.494 e. The Morgan fingerprint density at radius 2 is 2.04 bits per heavy atom. The summed E-state index contributed by atoms with van der Waals surface area (Å²) in [7, 11) is 0. The predicted molar refractivity (Wildman–Crippen MR) is 91.3 cm³/mol. The van der Waals surface area contributed by atoms with Crippen LogP contribution in [0.15, 0.2) is 42.5 Å². The quantitative estimate of drug-likeness (QED) is 0.723. The number of ether oxygens (including phenoxy) is 1. The van der Waals surface area contributed by atoms with Crippen molar-refractivity contribution >= 4 is 28.5 Å². The molecule has 2 aromatic carbocycles. The minimum atomic E-state index is -0.888. The molecule has 0 spiro atoms. The third-order valence-corrected chi connectivity index (χ3v) is 3.99. The maximum atomic E-state index is 11.3. The fraction of sp³-hybridized carbons (Fsp3) is 0.167. The van der Waals surface area contributed by atoms with E-state index >= 15 is 0 Å². The maximum absolute atomic E-state index is 11.3. The highest BCUT2D eigenvalue weighted by Crippen LogP contribution is 2.36. The van der Waals surface area contributed by atoms with Gasteiger partial charge in [-0.05, 0) is 36.8 Å². The van der Waals surface area contributed by atoms with Crippen molar-refractivity contribution in [2.45, 2.75) is 13.3 Å². The molecule has 0 aliphatic carbocycles. The number of carbonyl (C=O) groups is 1. The molecule has 0 atom stereocenters. The molecule has 0 bridgehead atoms. The normalized spacial score (nSPS) is 10.9. The van der Waals surface area contributed by atoms with Crippen molar-refractivity contribution in [2.24, 2.45) is 0 Å². The number of H-pyrrole nitrogens is 1. The van der Waals surface area contributed by atoms with Crippen LogP contribution in [0.4, 0.5) is 0 Å². The second-order valence-corrected chi connectivity index (χ2v) is 5.58. The number of aromatic amines is 1. The third-order valence-electron chi connectivity index (χ3n) is 3.66. The van der Waals surface area contributed by atoms with Crippen LogP contribution in [0.2, 0.25) is 5.02 Å². The molecule has 0 aliphatic heterocycles. The van der Waals surface area contributed by atoms with Crippen LogP contribution in [-0.4, -0.2) is 22.7 Å². The number of halogens is 1. The molecule has 0 saturated heterocycles. The average molecular weight is 330 g/mol. The standard InChI is InChI=1S/C18H16ClNO3/c1-2-23-11-7-8-16-13(9-11)14(10-17(21)22)18(20-16)12-5-3-4-6-15(12)19/h3-9,20H,2,10H2,1H3,(H,21,22). The van der Waals surface area contributed by atoms with Gasteiger partial charge in [-0.3, -0.25) is 4.79 Å². The Balaban J connectivity index is 2.24. The Morgan fingerprint density at radius 1 is 1.26 bits per heavy atom. The van der Waals surface area contributed by atoms with Gasteiger partial charge in [0.15, 0.2) is 0 Å². The Kier molecular flexibility index (Phi) is 4.26. The summed E-state index contributed by atoms with van der Waals surface area (Å²) in [6, 6.07) is 13.0. The van der Waals surface area contributed by atoms with Gasteiger partial charge < -0.3 is 14.8 Å². The first-order valence-electron chi connectivity index (χ1n) is 7.34. The summed E-state index contributed by atoms with van der Waals surface area (Å²) in [5.41, 5.74) is 3.10. The lowest BCUT2D eigenvalue weighted by atomic mass is 10.0.